The van der Waals surface area contributed by atoms with Crippen molar-refractivity contribution in [3.8, 4) is 23.0 Å². The van der Waals surface area contributed by atoms with Gasteiger partial charge in [0.1, 0.15) is 6.61 Å². The van der Waals surface area contributed by atoms with Gasteiger partial charge in [0, 0.05) is 17.0 Å². The van der Waals surface area contributed by atoms with Gasteiger partial charge < -0.3 is 10.1 Å². The first kappa shape index (κ1) is 20.7. The molecule has 0 heterocycles. The highest BCUT2D eigenvalue weighted by Crippen LogP contribution is 2.44. The van der Waals surface area contributed by atoms with E-state index in [0.717, 1.165) is 0 Å². The minimum Gasteiger partial charge on any atom is -0.449 e. The summed E-state index contributed by atoms with van der Waals surface area (Å²) >= 11 is 6.15. The Morgan fingerprint density at radius 1 is 1.00 bits per heavy atom. The number of amides is 1. The van der Waals surface area contributed by atoms with Crippen molar-refractivity contribution in [2.24, 2.45) is 0 Å². The molecule has 1 aliphatic carbocycles. The molecule has 1 N–H and O–H groups in total. The van der Waals surface area contributed by atoms with E-state index < -0.39 is 6.09 Å². The van der Waals surface area contributed by atoms with Crippen LogP contribution in [0, 0.1) is 11.8 Å². The molecule has 0 aromatic heterocycles. The fraction of sp³-hybridized carbons (Fsp3) is 0.154. The number of ether oxygens (including phenoxy) is 1. The van der Waals surface area contributed by atoms with Crippen molar-refractivity contribution < 1.29 is 14.3 Å². The van der Waals surface area contributed by atoms with Crippen molar-refractivity contribution in [1.82, 2.24) is 5.32 Å². The minimum atomic E-state index is -0.519. The predicted octanol–water partition coefficient (Wildman–Crippen LogP) is 5.43. The molecule has 0 aliphatic heterocycles. The number of carbonyl (C=O) groups is 2. The lowest BCUT2D eigenvalue weighted by molar-refractivity contribution is 0.101. The molecule has 1 aliphatic rings. The van der Waals surface area contributed by atoms with Gasteiger partial charge in [-0.1, -0.05) is 78.0 Å². The number of fused-ring (bicyclic) bond motifs is 3. The number of Topliss-reactive ketones (excluding diaryl/α,β-unsaturated/α-hetero) is 1. The molecule has 0 bridgehead atoms. The average Bonchev–Trinajstić information content (AvgIpc) is 3.10. The molecular weight excluding hydrogens is 410 g/mol. The van der Waals surface area contributed by atoms with E-state index in [4.69, 9.17) is 16.3 Å². The molecule has 0 saturated carbocycles. The van der Waals surface area contributed by atoms with Crippen LogP contribution in [0.3, 0.4) is 0 Å². The second-order valence-corrected chi connectivity index (χ2v) is 7.64. The summed E-state index contributed by atoms with van der Waals surface area (Å²) in [6.07, 6.45) is -0.519. The molecule has 0 spiro atoms. The monoisotopic (exact) mass is 429 g/mol. The van der Waals surface area contributed by atoms with Gasteiger partial charge >= 0.3 is 6.09 Å². The molecule has 1 amide bonds. The lowest BCUT2D eigenvalue weighted by Crippen LogP contribution is -2.26. The first-order valence-electron chi connectivity index (χ1n) is 9.93. The highest BCUT2D eigenvalue weighted by Gasteiger charge is 2.28. The van der Waals surface area contributed by atoms with Crippen molar-refractivity contribution in [3.05, 3.63) is 94.0 Å². The van der Waals surface area contributed by atoms with E-state index in [1.165, 1.54) is 29.2 Å². The summed E-state index contributed by atoms with van der Waals surface area (Å²) in [6, 6.07) is 21.3. The van der Waals surface area contributed by atoms with Crippen LogP contribution in [-0.2, 0) is 4.74 Å². The van der Waals surface area contributed by atoms with Crippen LogP contribution in [0.4, 0.5) is 4.79 Å². The zero-order chi connectivity index (χ0) is 21.8. The number of ketones is 1. The van der Waals surface area contributed by atoms with Crippen LogP contribution in [0.5, 0.6) is 0 Å². The number of hydrogen-bond acceptors (Lipinski definition) is 3. The highest BCUT2D eigenvalue weighted by atomic mass is 35.5. The quantitative estimate of drug-likeness (QED) is 0.444. The summed E-state index contributed by atoms with van der Waals surface area (Å²) in [6.45, 7) is 1.86. The van der Waals surface area contributed by atoms with Crippen LogP contribution in [0.1, 0.15) is 39.9 Å². The van der Waals surface area contributed by atoms with Gasteiger partial charge in [0.25, 0.3) is 0 Å². The number of carbonyl (C=O) groups excluding carboxylic acids is 2. The zero-order valence-electron chi connectivity index (χ0n) is 16.9. The Morgan fingerprint density at radius 2 is 1.65 bits per heavy atom. The molecule has 4 nitrogen and oxygen atoms in total. The minimum absolute atomic E-state index is 0.0165. The van der Waals surface area contributed by atoms with E-state index in [0.29, 0.717) is 16.1 Å². The number of rotatable bonds is 4. The Labute approximate surface area is 186 Å². The van der Waals surface area contributed by atoms with Crippen LogP contribution in [0.2, 0.25) is 5.02 Å². The van der Waals surface area contributed by atoms with Gasteiger partial charge in [0.15, 0.2) is 5.78 Å². The smallest absolute Gasteiger partial charge is 0.407 e. The van der Waals surface area contributed by atoms with Gasteiger partial charge in [-0.2, -0.15) is 0 Å². The van der Waals surface area contributed by atoms with Crippen LogP contribution >= 0.6 is 11.6 Å². The lowest BCUT2D eigenvalue weighted by atomic mass is 9.98. The fourth-order valence-corrected chi connectivity index (χ4v) is 3.97. The second kappa shape index (κ2) is 9.07. The number of nitrogens with one attached hydrogen (secondary N) is 1. The van der Waals surface area contributed by atoms with Crippen LogP contribution in [-0.4, -0.2) is 25.0 Å². The summed E-state index contributed by atoms with van der Waals surface area (Å²) in [7, 11) is 0. The standard InChI is InChI=1S/C26H20ClNO3/c1-17(29)19-13-12-18(25(27)15-19)7-6-14-28-26(30)31-16-24-22-10-4-2-8-20(22)21-9-3-5-11-23(21)24/h2-5,8-13,15,24H,14,16H2,1H3,(H,28,30). The third-order valence-corrected chi connectivity index (χ3v) is 5.58. The van der Waals surface area contributed by atoms with Gasteiger partial charge in [-0.25, -0.2) is 4.79 Å². The first-order chi connectivity index (χ1) is 15.0. The van der Waals surface area contributed by atoms with Gasteiger partial charge in [-0.05, 0) is 41.3 Å². The lowest BCUT2D eigenvalue weighted by Gasteiger charge is -2.14. The van der Waals surface area contributed by atoms with Crippen molar-refractivity contribution >= 4 is 23.5 Å². The zero-order valence-corrected chi connectivity index (χ0v) is 17.7. The Morgan fingerprint density at radius 3 is 2.26 bits per heavy atom. The summed E-state index contributed by atoms with van der Waals surface area (Å²) in [4.78, 5) is 23.5. The normalized spacial score (nSPS) is 11.7. The maximum Gasteiger partial charge on any atom is 0.407 e. The molecular formula is C26H20ClNO3. The second-order valence-electron chi connectivity index (χ2n) is 7.23. The van der Waals surface area contributed by atoms with Crippen molar-refractivity contribution in [1.29, 1.82) is 0 Å². The average molecular weight is 430 g/mol. The Kier molecular flexibility index (Phi) is 6.06. The Hall–Kier alpha value is -3.55. The molecule has 0 fully saturated rings. The molecule has 0 saturated heterocycles. The summed E-state index contributed by atoms with van der Waals surface area (Å²) in [5, 5.41) is 3.05. The maximum absolute atomic E-state index is 12.2. The van der Waals surface area contributed by atoms with Crippen molar-refractivity contribution in [3.63, 3.8) is 0 Å². The summed E-state index contributed by atoms with van der Waals surface area (Å²) < 4.78 is 5.48. The third-order valence-electron chi connectivity index (χ3n) is 5.26. The van der Waals surface area contributed by atoms with Crippen LogP contribution < -0.4 is 5.32 Å². The van der Waals surface area contributed by atoms with Gasteiger partial charge in [-0.15, -0.1) is 0 Å². The number of benzene rings is 3. The van der Waals surface area contributed by atoms with Crippen LogP contribution in [0.15, 0.2) is 66.7 Å². The topological polar surface area (TPSA) is 55.4 Å². The molecule has 4 rings (SSSR count). The number of halogens is 1. The van der Waals surface area contributed by atoms with E-state index >= 15 is 0 Å². The SMILES string of the molecule is CC(=O)c1ccc(C#CCNC(=O)OCC2c3ccccc3-c3ccccc32)c(Cl)c1. The molecule has 3 aromatic rings. The third kappa shape index (κ3) is 4.47. The van der Waals surface area contributed by atoms with Gasteiger partial charge in [-0.3, -0.25) is 4.79 Å². The number of alkyl carbamates (subject to hydrolysis) is 1. The van der Waals surface area contributed by atoms with Crippen molar-refractivity contribution in [2.45, 2.75) is 12.8 Å². The van der Waals surface area contributed by atoms with E-state index in [1.54, 1.807) is 18.2 Å². The van der Waals surface area contributed by atoms with Gasteiger partial charge in [0.05, 0.1) is 11.6 Å². The summed E-state index contributed by atoms with van der Waals surface area (Å²) in [5.74, 6) is 5.70. The number of hydrogen-bond donors (Lipinski definition) is 1. The van der Waals surface area contributed by atoms with E-state index in [1.807, 2.05) is 24.3 Å². The van der Waals surface area contributed by atoms with E-state index in [-0.39, 0.29) is 24.9 Å². The Bertz CT molecular complexity index is 1180. The molecule has 0 radical (unpaired) electrons. The van der Waals surface area contributed by atoms with E-state index in [9.17, 15) is 9.59 Å². The largest absolute Gasteiger partial charge is 0.449 e. The first-order valence-corrected chi connectivity index (χ1v) is 10.3. The molecule has 154 valence electrons. The molecule has 3 aromatic carbocycles. The Balaban J connectivity index is 1.34. The van der Waals surface area contributed by atoms with Crippen LogP contribution in [0.25, 0.3) is 11.1 Å². The van der Waals surface area contributed by atoms with Crippen molar-refractivity contribution in [2.75, 3.05) is 13.2 Å². The fourth-order valence-electron chi connectivity index (χ4n) is 3.74. The molecule has 31 heavy (non-hydrogen) atoms. The molecule has 0 unspecified atom stereocenters. The molecule has 0 atom stereocenters. The molecule has 5 heteroatoms. The highest BCUT2D eigenvalue weighted by molar-refractivity contribution is 6.32. The maximum atomic E-state index is 12.2. The van der Waals surface area contributed by atoms with E-state index in [2.05, 4.69) is 41.4 Å². The predicted molar refractivity (Wildman–Crippen MR) is 121 cm³/mol. The summed E-state index contributed by atoms with van der Waals surface area (Å²) in [5.41, 5.74) is 5.84. The van der Waals surface area contributed by atoms with Gasteiger partial charge in [0.2, 0.25) is 0 Å².